The fourth-order valence-electron chi connectivity index (χ4n) is 3.42. The third kappa shape index (κ3) is 5.64. The van der Waals surface area contributed by atoms with Crippen molar-refractivity contribution in [2.75, 3.05) is 13.2 Å². The topological polar surface area (TPSA) is 84.7 Å². The number of hydrogen-bond acceptors (Lipinski definition) is 4. The van der Waals surface area contributed by atoms with E-state index in [1.807, 2.05) is 54.4 Å². The van der Waals surface area contributed by atoms with Crippen LogP contribution in [0.15, 0.2) is 54.9 Å². The van der Waals surface area contributed by atoms with E-state index in [1.54, 1.807) is 6.20 Å². The molecule has 0 fully saturated rings. The number of carbonyl (C=O) groups is 2. The Morgan fingerprint density at radius 3 is 2.59 bits per heavy atom. The molecule has 1 aliphatic rings. The zero-order valence-corrected chi connectivity index (χ0v) is 17.2. The maximum Gasteiger partial charge on any atom is 0.490 e. The first-order valence-corrected chi connectivity index (χ1v) is 9.88. The number of carboxylic acids is 1. The predicted octanol–water partition coefficient (Wildman–Crippen LogP) is 3.73. The molecule has 0 bridgehead atoms. The summed E-state index contributed by atoms with van der Waals surface area (Å²) < 4.78 is 39.8. The molecule has 1 atom stereocenters. The van der Waals surface area contributed by atoms with Crippen molar-refractivity contribution in [3.63, 3.8) is 0 Å². The standard InChI is InChI=1S/C20H21N3O2.C2HF3O2/c1-2-25-18-13-22-9-5-7-17(22)12-23(14-18)20(24)16-10-15-6-3-4-8-19(15)21-11-16;3-2(4,5)1(6)7/h3-11,18H,2,12-14H2,1H3;(H,6,7). The second-order valence-corrected chi connectivity index (χ2v) is 7.13. The first kappa shape index (κ1) is 23.3. The zero-order valence-electron chi connectivity index (χ0n) is 17.2. The van der Waals surface area contributed by atoms with Crippen molar-refractivity contribution in [3.8, 4) is 0 Å². The maximum absolute atomic E-state index is 13.1. The molecule has 0 saturated heterocycles. The molecule has 4 rings (SSSR count). The quantitative estimate of drug-likeness (QED) is 0.659. The van der Waals surface area contributed by atoms with E-state index < -0.39 is 12.1 Å². The van der Waals surface area contributed by atoms with Crippen LogP contribution in [0, 0.1) is 0 Å². The number of pyridine rings is 1. The van der Waals surface area contributed by atoms with E-state index in [0.29, 0.717) is 25.3 Å². The van der Waals surface area contributed by atoms with Gasteiger partial charge in [0.15, 0.2) is 0 Å². The molecule has 1 aliphatic heterocycles. The summed E-state index contributed by atoms with van der Waals surface area (Å²) in [5.41, 5.74) is 2.65. The maximum atomic E-state index is 13.1. The van der Waals surface area contributed by atoms with E-state index in [1.165, 1.54) is 0 Å². The molecule has 1 unspecified atom stereocenters. The van der Waals surface area contributed by atoms with Gasteiger partial charge in [0.05, 0.1) is 30.3 Å². The SMILES string of the molecule is CCOC1CN(C(=O)c2cnc3ccccc3c2)Cc2cccn2C1.O=C(O)C(F)(F)F. The molecule has 32 heavy (non-hydrogen) atoms. The van der Waals surface area contributed by atoms with Crippen LogP contribution in [0.4, 0.5) is 13.2 Å². The number of amides is 1. The lowest BCUT2D eigenvalue weighted by Crippen LogP contribution is -2.37. The number of carboxylic acid groups (broad SMARTS) is 1. The fourth-order valence-corrected chi connectivity index (χ4v) is 3.42. The van der Waals surface area contributed by atoms with Gasteiger partial charge in [-0.25, -0.2) is 4.79 Å². The highest BCUT2D eigenvalue weighted by molar-refractivity contribution is 5.97. The number of ether oxygens (including phenoxy) is 1. The molecule has 10 heteroatoms. The van der Waals surface area contributed by atoms with E-state index in [9.17, 15) is 18.0 Å². The second kappa shape index (κ2) is 9.82. The van der Waals surface area contributed by atoms with Crippen LogP contribution in [0.5, 0.6) is 0 Å². The molecule has 170 valence electrons. The van der Waals surface area contributed by atoms with Crippen molar-refractivity contribution in [3.05, 3.63) is 66.1 Å². The number of aromatic nitrogens is 2. The second-order valence-electron chi connectivity index (χ2n) is 7.13. The summed E-state index contributed by atoms with van der Waals surface area (Å²) in [7, 11) is 0. The van der Waals surface area contributed by atoms with Gasteiger partial charge in [0.25, 0.3) is 5.91 Å². The van der Waals surface area contributed by atoms with Crippen molar-refractivity contribution >= 4 is 22.8 Å². The average Bonchev–Trinajstić information content (AvgIpc) is 3.11. The molecule has 2 aromatic heterocycles. The minimum atomic E-state index is -5.08. The molecule has 0 saturated carbocycles. The largest absolute Gasteiger partial charge is 0.490 e. The van der Waals surface area contributed by atoms with E-state index in [0.717, 1.165) is 23.1 Å². The van der Waals surface area contributed by atoms with Crippen LogP contribution in [0.2, 0.25) is 0 Å². The first-order valence-electron chi connectivity index (χ1n) is 9.88. The number of nitrogens with zero attached hydrogens (tertiary/aromatic N) is 3. The zero-order chi connectivity index (χ0) is 23.3. The van der Waals surface area contributed by atoms with Gasteiger partial charge in [-0.2, -0.15) is 13.2 Å². The summed E-state index contributed by atoms with van der Waals surface area (Å²) >= 11 is 0. The van der Waals surface area contributed by atoms with Gasteiger partial charge in [0.1, 0.15) is 0 Å². The number of aliphatic carboxylic acids is 1. The monoisotopic (exact) mass is 449 g/mol. The number of rotatable bonds is 3. The van der Waals surface area contributed by atoms with E-state index in [4.69, 9.17) is 14.6 Å². The van der Waals surface area contributed by atoms with Crippen LogP contribution in [-0.4, -0.2) is 56.9 Å². The summed E-state index contributed by atoms with van der Waals surface area (Å²) in [5, 5.41) is 8.10. The molecule has 1 N–H and O–H groups in total. The number of hydrogen-bond donors (Lipinski definition) is 1. The average molecular weight is 449 g/mol. The number of benzene rings is 1. The molecule has 3 aromatic rings. The Bertz CT molecular complexity index is 1100. The van der Waals surface area contributed by atoms with E-state index in [-0.39, 0.29) is 12.0 Å². The third-order valence-electron chi connectivity index (χ3n) is 4.87. The lowest BCUT2D eigenvalue weighted by molar-refractivity contribution is -0.192. The van der Waals surface area contributed by atoms with Crippen LogP contribution < -0.4 is 0 Å². The highest BCUT2D eigenvalue weighted by Gasteiger charge is 2.38. The smallest absolute Gasteiger partial charge is 0.475 e. The van der Waals surface area contributed by atoms with Crippen molar-refractivity contribution in [2.45, 2.75) is 32.3 Å². The number of para-hydroxylation sites is 1. The number of fused-ring (bicyclic) bond motifs is 2. The number of carbonyl (C=O) groups excluding carboxylic acids is 1. The van der Waals surface area contributed by atoms with Crippen LogP contribution in [0.3, 0.4) is 0 Å². The van der Waals surface area contributed by atoms with Crippen molar-refractivity contribution in [2.24, 2.45) is 0 Å². The lowest BCUT2D eigenvalue weighted by atomic mass is 10.1. The van der Waals surface area contributed by atoms with Crippen molar-refractivity contribution in [1.82, 2.24) is 14.5 Å². The van der Waals surface area contributed by atoms with Crippen LogP contribution in [-0.2, 0) is 22.6 Å². The van der Waals surface area contributed by atoms with E-state index in [2.05, 4.69) is 15.6 Å². The molecule has 7 nitrogen and oxygen atoms in total. The minimum absolute atomic E-state index is 0.00222. The first-order chi connectivity index (χ1) is 15.2. The lowest BCUT2D eigenvalue weighted by Gasteiger charge is -2.24. The van der Waals surface area contributed by atoms with Gasteiger partial charge in [-0.15, -0.1) is 0 Å². The van der Waals surface area contributed by atoms with Gasteiger partial charge >= 0.3 is 12.1 Å². The fraction of sp³-hybridized carbons (Fsp3) is 0.318. The summed E-state index contributed by atoms with van der Waals surface area (Å²) in [6.07, 6.45) is -1.37. The third-order valence-corrected chi connectivity index (χ3v) is 4.87. The van der Waals surface area contributed by atoms with Crippen molar-refractivity contribution in [1.29, 1.82) is 0 Å². The highest BCUT2D eigenvalue weighted by Crippen LogP contribution is 2.19. The molecule has 0 radical (unpaired) electrons. The summed E-state index contributed by atoms with van der Waals surface area (Å²) in [6.45, 7) is 4.57. The Morgan fingerprint density at radius 1 is 1.19 bits per heavy atom. The summed E-state index contributed by atoms with van der Waals surface area (Å²) in [4.78, 5) is 28.3. The van der Waals surface area contributed by atoms with Gasteiger partial charge < -0.3 is 19.3 Å². The van der Waals surface area contributed by atoms with Gasteiger partial charge in [0.2, 0.25) is 0 Å². The van der Waals surface area contributed by atoms with Crippen LogP contribution in [0.25, 0.3) is 10.9 Å². The normalized spacial score (nSPS) is 16.0. The Hall–Kier alpha value is -3.40. The number of alkyl halides is 3. The minimum Gasteiger partial charge on any atom is -0.475 e. The van der Waals surface area contributed by atoms with Crippen LogP contribution in [0.1, 0.15) is 23.0 Å². The van der Waals surface area contributed by atoms with Gasteiger partial charge in [-0.3, -0.25) is 9.78 Å². The Labute approximate surface area is 182 Å². The molecule has 0 spiro atoms. The van der Waals surface area contributed by atoms with Gasteiger partial charge in [-0.1, -0.05) is 18.2 Å². The van der Waals surface area contributed by atoms with E-state index >= 15 is 0 Å². The predicted molar refractivity (Wildman–Crippen MR) is 110 cm³/mol. The Kier molecular flexibility index (Phi) is 7.14. The summed E-state index contributed by atoms with van der Waals surface area (Å²) in [5.74, 6) is -2.76. The number of halogens is 3. The molecular weight excluding hydrogens is 427 g/mol. The van der Waals surface area contributed by atoms with Crippen LogP contribution >= 0.6 is 0 Å². The molecule has 1 amide bonds. The molecule has 3 heterocycles. The Morgan fingerprint density at radius 2 is 1.91 bits per heavy atom. The summed E-state index contributed by atoms with van der Waals surface area (Å²) in [6, 6.07) is 13.8. The van der Waals surface area contributed by atoms with Gasteiger partial charge in [-0.05, 0) is 31.2 Å². The van der Waals surface area contributed by atoms with Crippen molar-refractivity contribution < 1.29 is 32.6 Å². The molecule has 1 aromatic carbocycles. The highest BCUT2D eigenvalue weighted by atomic mass is 19.4. The molecular formula is C22H22F3N3O4. The Balaban J connectivity index is 0.000000360. The molecule has 0 aliphatic carbocycles. The van der Waals surface area contributed by atoms with Gasteiger partial charge in [0, 0.05) is 36.6 Å².